The number of carbonyl (C=O) groups excluding carboxylic acids is 1. The predicted molar refractivity (Wildman–Crippen MR) is 61.6 cm³/mol. The van der Waals surface area contributed by atoms with Gasteiger partial charge in [-0.05, 0) is 33.6 Å². The molecule has 1 rings (SSSR count). The van der Waals surface area contributed by atoms with Crippen molar-refractivity contribution >= 4 is 12.0 Å². The molecule has 1 aliphatic heterocycles. The third kappa shape index (κ3) is 3.33. The van der Waals surface area contributed by atoms with Crippen LogP contribution in [0.15, 0.2) is 0 Å². The number of carbonyl (C=O) groups is 2. The number of nitrogens with two attached hydrogens (primary N) is 1. The summed E-state index contributed by atoms with van der Waals surface area (Å²) in [6.45, 7) is 5.72. The van der Waals surface area contributed by atoms with Crippen LogP contribution >= 0.6 is 0 Å². The van der Waals surface area contributed by atoms with E-state index in [1.54, 1.807) is 0 Å². The first kappa shape index (κ1) is 13.8. The molecule has 1 heterocycles. The van der Waals surface area contributed by atoms with Gasteiger partial charge in [-0.3, -0.25) is 9.69 Å². The molecule has 6 heteroatoms. The second-order valence-electron chi connectivity index (χ2n) is 5.28. The zero-order chi connectivity index (χ0) is 13.2. The van der Waals surface area contributed by atoms with Gasteiger partial charge in [0, 0.05) is 5.54 Å². The highest BCUT2D eigenvalue weighted by Crippen LogP contribution is 2.24. The zero-order valence-corrected chi connectivity index (χ0v) is 10.5. The molecule has 17 heavy (non-hydrogen) atoms. The van der Waals surface area contributed by atoms with Crippen molar-refractivity contribution < 1.29 is 19.4 Å². The number of hydrogen-bond donors (Lipinski definition) is 2. The van der Waals surface area contributed by atoms with Crippen LogP contribution in [0.2, 0.25) is 0 Å². The third-order valence-corrected chi connectivity index (χ3v) is 2.86. The summed E-state index contributed by atoms with van der Waals surface area (Å²) in [5.41, 5.74) is 4.65. The smallest absolute Gasteiger partial charge is 0.408 e. The summed E-state index contributed by atoms with van der Waals surface area (Å²) >= 11 is 0. The van der Waals surface area contributed by atoms with E-state index >= 15 is 0 Å². The van der Waals surface area contributed by atoms with Crippen LogP contribution in [0.3, 0.4) is 0 Å². The number of rotatable bonds is 2. The largest absolute Gasteiger partial charge is 0.465 e. The lowest BCUT2D eigenvalue weighted by Crippen LogP contribution is -2.55. The van der Waals surface area contributed by atoms with Gasteiger partial charge in [0.15, 0.2) is 0 Å². The van der Waals surface area contributed by atoms with Gasteiger partial charge in [0.05, 0.1) is 12.6 Å². The highest BCUT2D eigenvalue weighted by molar-refractivity contribution is 5.78. The van der Waals surface area contributed by atoms with Crippen LogP contribution in [0, 0.1) is 0 Å². The molecule has 1 fully saturated rings. The van der Waals surface area contributed by atoms with Crippen molar-refractivity contribution in [1.82, 2.24) is 4.90 Å². The fourth-order valence-electron chi connectivity index (χ4n) is 2.16. The Kier molecular flexibility index (Phi) is 3.98. The first-order chi connectivity index (χ1) is 7.73. The number of hydrogen-bond acceptors (Lipinski definition) is 3. The second kappa shape index (κ2) is 4.91. The summed E-state index contributed by atoms with van der Waals surface area (Å²) in [7, 11) is 0. The Labute approximate surface area is 101 Å². The van der Waals surface area contributed by atoms with E-state index in [-0.39, 0.29) is 12.6 Å². The minimum atomic E-state index is -0.969. The van der Waals surface area contributed by atoms with Crippen LogP contribution in [0.25, 0.3) is 0 Å². The fourth-order valence-corrected chi connectivity index (χ4v) is 2.16. The molecule has 0 aliphatic carbocycles. The van der Waals surface area contributed by atoms with Crippen LogP contribution in [-0.4, -0.2) is 46.3 Å². The van der Waals surface area contributed by atoms with Crippen molar-refractivity contribution in [2.75, 3.05) is 6.61 Å². The van der Waals surface area contributed by atoms with Crippen molar-refractivity contribution in [2.24, 2.45) is 5.73 Å². The Morgan fingerprint density at radius 3 is 2.24 bits per heavy atom. The Morgan fingerprint density at radius 2 is 1.94 bits per heavy atom. The third-order valence-electron chi connectivity index (χ3n) is 2.86. The summed E-state index contributed by atoms with van der Waals surface area (Å²) in [5.74, 6) is -0.485. The van der Waals surface area contributed by atoms with E-state index in [2.05, 4.69) is 0 Å². The number of primary amides is 1. The Balaban J connectivity index is 2.68. The molecule has 0 unspecified atom stereocenters. The average molecular weight is 244 g/mol. The van der Waals surface area contributed by atoms with Gasteiger partial charge in [0.2, 0.25) is 5.91 Å². The lowest BCUT2D eigenvalue weighted by atomic mass is 9.98. The van der Waals surface area contributed by atoms with E-state index in [1.165, 1.54) is 4.90 Å². The topological polar surface area (TPSA) is 92.9 Å². The van der Waals surface area contributed by atoms with Crippen LogP contribution in [0.5, 0.6) is 0 Å². The monoisotopic (exact) mass is 244 g/mol. The fraction of sp³-hybridized carbons (Fsp3) is 0.818. The Bertz CT molecular complexity index is 303. The summed E-state index contributed by atoms with van der Waals surface area (Å²) in [6, 6.07) is -0.219. The summed E-state index contributed by atoms with van der Waals surface area (Å²) in [6.07, 6.45) is -0.484. The number of nitrogens with zero attached hydrogens (tertiary/aromatic N) is 1. The van der Waals surface area contributed by atoms with E-state index in [1.807, 2.05) is 20.8 Å². The first-order valence-corrected chi connectivity index (χ1v) is 5.66. The molecule has 2 atom stereocenters. The maximum Gasteiger partial charge on any atom is 0.408 e. The summed E-state index contributed by atoms with van der Waals surface area (Å²) in [5, 5.41) is 9.21. The molecule has 98 valence electrons. The molecule has 6 nitrogen and oxygen atoms in total. The maximum absolute atomic E-state index is 11.2. The van der Waals surface area contributed by atoms with E-state index in [0.717, 1.165) is 0 Å². The van der Waals surface area contributed by atoms with Crippen LogP contribution < -0.4 is 5.73 Å². The molecule has 0 aromatic rings. The molecule has 0 saturated carbocycles. The van der Waals surface area contributed by atoms with Gasteiger partial charge >= 0.3 is 6.09 Å². The molecular weight excluding hydrogens is 224 g/mol. The Morgan fingerprint density at radius 1 is 1.35 bits per heavy atom. The maximum atomic E-state index is 11.2. The first-order valence-electron chi connectivity index (χ1n) is 5.66. The summed E-state index contributed by atoms with van der Waals surface area (Å²) < 4.78 is 5.30. The quantitative estimate of drug-likeness (QED) is 0.751. The molecule has 0 radical (unpaired) electrons. The second-order valence-corrected chi connectivity index (χ2v) is 5.28. The predicted octanol–water partition coefficient (Wildman–Crippen LogP) is 0.798. The molecule has 3 N–H and O–H groups in total. The summed E-state index contributed by atoms with van der Waals surface area (Å²) in [4.78, 5) is 23.5. The number of carboxylic acid groups (broad SMARTS) is 1. The van der Waals surface area contributed by atoms with E-state index in [0.29, 0.717) is 12.8 Å². The average Bonchev–Trinajstić information content (AvgIpc) is 2.15. The normalized spacial score (nSPS) is 25.4. The van der Waals surface area contributed by atoms with Gasteiger partial charge in [-0.15, -0.1) is 0 Å². The van der Waals surface area contributed by atoms with Crippen molar-refractivity contribution in [3.8, 4) is 0 Å². The van der Waals surface area contributed by atoms with Gasteiger partial charge < -0.3 is 15.6 Å². The molecule has 1 saturated heterocycles. The zero-order valence-electron chi connectivity index (χ0n) is 10.5. The lowest BCUT2D eigenvalue weighted by Gasteiger charge is -2.42. The SMILES string of the molecule is CC(C)(C)N(C(=O)O)[C@@H]1CC[C@@H](C(N)=O)OC1. The van der Waals surface area contributed by atoms with Crippen LogP contribution in [0.4, 0.5) is 4.79 Å². The van der Waals surface area contributed by atoms with Gasteiger partial charge in [0.1, 0.15) is 6.10 Å². The molecule has 0 aromatic heterocycles. The highest BCUT2D eigenvalue weighted by atomic mass is 16.5. The van der Waals surface area contributed by atoms with E-state index in [9.17, 15) is 14.7 Å². The van der Waals surface area contributed by atoms with Gasteiger partial charge in [-0.2, -0.15) is 0 Å². The molecule has 0 bridgehead atoms. The van der Waals surface area contributed by atoms with Gasteiger partial charge in [-0.1, -0.05) is 0 Å². The van der Waals surface area contributed by atoms with Crippen LogP contribution in [0.1, 0.15) is 33.6 Å². The molecule has 1 aliphatic rings. The van der Waals surface area contributed by atoms with Crippen molar-refractivity contribution in [3.63, 3.8) is 0 Å². The standard InChI is InChI=1S/C11H20N2O4/c1-11(2,3)13(10(15)16)7-4-5-8(9(12)14)17-6-7/h7-8H,4-6H2,1-3H3,(H2,12,14)(H,15,16)/t7-,8+/m1/s1. The molecular formula is C11H20N2O4. The minimum Gasteiger partial charge on any atom is -0.465 e. The molecule has 2 amide bonds. The minimum absolute atomic E-state index is 0.219. The van der Waals surface area contributed by atoms with Crippen molar-refractivity contribution in [3.05, 3.63) is 0 Å². The lowest BCUT2D eigenvalue weighted by molar-refractivity contribution is -0.135. The van der Waals surface area contributed by atoms with Crippen LogP contribution in [-0.2, 0) is 9.53 Å². The highest BCUT2D eigenvalue weighted by Gasteiger charge is 2.37. The van der Waals surface area contributed by atoms with E-state index < -0.39 is 23.6 Å². The van der Waals surface area contributed by atoms with Gasteiger partial charge in [0.25, 0.3) is 0 Å². The molecule has 0 aromatic carbocycles. The van der Waals surface area contributed by atoms with Gasteiger partial charge in [-0.25, -0.2) is 4.79 Å². The Hall–Kier alpha value is -1.30. The van der Waals surface area contributed by atoms with Crippen molar-refractivity contribution in [1.29, 1.82) is 0 Å². The molecule has 0 spiro atoms. The number of amides is 2. The number of ether oxygens (including phenoxy) is 1. The van der Waals surface area contributed by atoms with E-state index in [4.69, 9.17) is 10.5 Å². The van der Waals surface area contributed by atoms with Crippen molar-refractivity contribution in [2.45, 2.75) is 51.3 Å².